The first-order chi connectivity index (χ1) is 5.46. The van der Waals surface area contributed by atoms with Gasteiger partial charge in [-0.05, 0) is 0 Å². The number of hydrogen-bond donors (Lipinski definition) is 2. The fourth-order valence-corrected chi connectivity index (χ4v) is 1.72. The molecule has 0 unspecified atom stereocenters. The average Bonchev–Trinajstić information content (AvgIpc) is 2.08. The van der Waals surface area contributed by atoms with Crippen molar-refractivity contribution in [2.24, 2.45) is 0 Å². The van der Waals surface area contributed by atoms with Crippen LogP contribution in [0.5, 0.6) is 5.75 Å². The fraction of sp³-hybridized carbons (Fsp3) is 0. The van der Waals surface area contributed by atoms with Crippen molar-refractivity contribution in [1.82, 2.24) is 6.15 Å². The molecule has 0 heterocycles. The van der Waals surface area contributed by atoms with Crippen LogP contribution in [-0.2, 0) is 0 Å². The van der Waals surface area contributed by atoms with Gasteiger partial charge >= 0.3 is 0 Å². The third kappa shape index (κ3) is 2.89. The summed E-state index contributed by atoms with van der Waals surface area (Å²) in [5.74, 6) is -0.363. The van der Waals surface area contributed by atoms with Crippen LogP contribution in [0.15, 0.2) is 0 Å². The van der Waals surface area contributed by atoms with Gasteiger partial charge < -0.3 is 11.3 Å². The molecule has 14 heavy (non-hydrogen) atoms. The molecule has 1 aromatic rings. The van der Waals surface area contributed by atoms with Crippen LogP contribution < -0.4 is 6.15 Å². The molecule has 4 N–H and O–H groups in total. The number of phenolic OH excluding ortho intramolecular Hbond substituents is 1. The van der Waals surface area contributed by atoms with Gasteiger partial charge in [-0.15, -0.1) is 0 Å². The quantitative estimate of drug-likeness (QED) is 0.526. The van der Waals surface area contributed by atoms with Crippen molar-refractivity contribution in [2.45, 2.75) is 0 Å². The molecule has 0 fully saturated rings. The maximum Gasteiger partial charge on any atom is 0.155 e. The van der Waals surface area contributed by atoms with Gasteiger partial charge in [0.05, 0.1) is 15.1 Å². The van der Waals surface area contributed by atoms with Gasteiger partial charge in [0.15, 0.2) is 5.75 Å². The first-order valence-electron chi connectivity index (χ1n) is 2.67. The van der Waals surface area contributed by atoms with Crippen LogP contribution in [0.1, 0.15) is 0 Å². The van der Waals surface area contributed by atoms with Gasteiger partial charge in [-0.3, -0.25) is 0 Å². The first-order valence-corrected chi connectivity index (χ1v) is 4.56. The van der Waals surface area contributed by atoms with Gasteiger partial charge in [0, 0.05) is 0 Å². The van der Waals surface area contributed by atoms with E-state index in [0.717, 1.165) is 0 Å². The van der Waals surface area contributed by atoms with Crippen molar-refractivity contribution >= 4 is 71.5 Å². The summed E-state index contributed by atoms with van der Waals surface area (Å²) in [6, 6.07) is 0. The SMILES string of the molecule is N.Oc1c(Cl)c(Cl)c(Cl)c(Cl)c1Cl.S. The molecule has 0 saturated carbocycles. The second kappa shape index (κ2) is 6.38. The number of halogens is 5. The van der Waals surface area contributed by atoms with Gasteiger partial charge in [-0.2, -0.15) is 13.5 Å². The number of rotatable bonds is 0. The van der Waals surface area contributed by atoms with Gasteiger partial charge in [-0.25, -0.2) is 0 Å². The van der Waals surface area contributed by atoms with E-state index in [2.05, 4.69) is 0 Å². The maximum absolute atomic E-state index is 9.20. The summed E-state index contributed by atoms with van der Waals surface area (Å²) in [7, 11) is 0. The third-order valence-electron chi connectivity index (χ3n) is 1.19. The van der Waals surface area contributed by atoms with E-state index < -0.39 is 0 Å². The molecule has 8 heteroatoms. The first kappa shape index (κ1) is 17.2. The Balaban J connectivity index is 0. The van der Waals surface area contributed by atoms with E-state index >= 15 is 0 Å². The summed E-state index contributed by atoms with van der Waals surface area (Å²) in [6.07, 6.45) is 0. The summed E-state index contributed by atoms with van der Waals surface area (Å²) in [5.41, 5.74) is 0. The van der Waals surface area contributed by atoms with E-state index in [4.69, 9.17) is 58.0 Å². The molecule has 0 saturated heterocycles. The summed E-state index contributed by atoms with van der Waals surface area (Å²) in [4.78, 5) is 0. The summed E-state index contributed by atoms with van der Waals surface area (Å²) in [5, 5.41) is 9.01. The highest BCUT2D eigenvalue weighted by atomic mass is 35.5. The predicted molar refractivity (Wildman–Crippen MR) is 68.6 cm³/mol. The maximum atomic E-state index is 9.20. The molecule has 0 atom stereocenters. The minimum absolute atomic E-state index is 0. The molecule has 0 bridgehead atoms. The van der Waals surface area contributed by atoms with Gasteiger partial charge in [0.25, 0.3) is 0 Å². The molecule has 1 aromatic carbocycles. The van der Waals surface area contributed by atoms with Crippen molar-refractivity contribution in [2.75, 3.05) is 0 Å². The Morgan fingerprint density at radius 1 is 0.643 bits per heavy atom. The summed E-state index contributed by atoms with van der Waals surface area (Å²) in [6.45, 7) is 0. The van der Waals surface area contributed by atoms with Gasteiger partial charge in [0.1, 0.15) is 10.0 Å². The topological polar surface area (TPSA) is 55.2 Å². The van der Waals surface area contributed by atoms with Crippen LogP contribution in [0.3, 0.4) is 0 Å². The van der Waals surface area contributed by atoms with Crippen molar-refractivity contribution < 1.29 is 5.11 Å². The molecule has 82 valence electrons. The van der Waals surface area contributed by atoms with E-state index in [1.165, 1.54) is 0 Å². The Labute approximate surface area is 113 Å². The van der Waals surface area contributed by atoms with Crippen LogP contribution in [-0.4, -0.2) is 5.11 Å². The average molecular weight is 317 g/mol. The molecule has 0 radical (unpaired) electrons. The number of benzene rings is 1. The molecule has 0 aliphatic heterocycles. The third-order valence-corrected chi connectivity index (χ3v) is 3.44. The zero-order valence-electron chi connectivity index (χ0n) is 6.54. The lowest BCUT2D eigenvalue weighted by Crippen LogP contribution is -1.78. The van der Waals surface area contributed by atoms with Crippen molar-refractivity contribution in [3.05, 3.63) is 25.1 Å². The summed E-state index contributed by atoms with van der Waals surface area (Å²) < 4.78 is 0. The molecule has 0 aliphatic carbocycles. The summed E-state index contributed by atoms with van der Waals surface area (Å²) >= 11 is 27.9. The van der Waals surface area contributed by atoms with Gasteiger partial charge in [0.2, 0.25) is 0 Å². The molecule has 0 spiro atoms. The Hall–Kier alpha value is 0.780. The monoisotopic (exact) mass is 315 g/mol. The highest BCUT2D eigenvalue weighted by Gasteiger charge is 2.17. The molecular formula is C6H6Cl5NOS. The molecular weight excluding hydrogens is 311 g/mol. The number of phenols is 1. The Morgan fingerprint density at radius 2 is 0.857 bits per heavy atom. The van der Waals surface area contributed by atoms with Crippen LogP contribution in [0.2, 0.25) is 25.1 Å². The van der Waals surface area contributed by atoms with Gasteiger partial charge in [-0.1, -0.05) is 58.0 Å². The van der Waals surface area contributed by atoms with Crippen molar-refractivity contribution in [3.8, 4) is 5.75 Å². The van der Waals surface area contributed by atoms with E-state index in [1.807, 2.05) is 0 Å². The lowest BCUT2D eigenvalue weighted by Gasteiger charge is -2.06. The van der Waals surface area contributed by atoms with Crippen LogP contribution in [0.25, 0.3) is 0 Å². The largest absolute Gasteiger partial charge is 0.505 e. The Morgan fingerprint density at radius 3 is 1.14 bits per heavy atom. The fourth-order valence-electron chi connectivity index (χ4n) is 0.593. The zero-order chi connectivity index (χ0) is 9.46. The molecule has 1 rings (SSSR count). The lowest BCUT2D eigenvalue weighted by atomic mass is 10.3. The van der Waals surface area contributed by atoms with E-state index in [9.17, 15) is 5.11 Å². The molecule has 0 aromatic heterocycles. The van der Waals surface area contributed by atoms with Crippen LogP contribution >= 0.6 is 71.5 Å². The minimum Gasteiger partial charge on any atom is -0.505 e. The Bertz CT molecular complexity index is 240. The van der Waals surface area contributed by atoms with Crippen molar-refractivity contribution in [1.29, 1.82) is 0 Å². The van der Waals surface area contributed by atoms with E-state index in [0.29, 0.717) is 0 Å². The Kier molecular flexibility index (Phi) is 7.83. The van der Waals surface area contributed by atoms with E-state index in [1.54, 1.807) is 0 Å². The smallest absolute Gasteiger partial charge is 0.155 e. The standard InChI is InChI=1S/C6HCl5O.H3N.H2S/c7-1-2(8)4(10)6(12)5(11)3(1)9;;/h12H;1H3;1H2. The molecule has 2 nitrogen and oxygen atoms in total. The second-order valence-electron chi connectivity index (χ2n) is 1.92. The highest BCUT2D eigenvalue weighted by Crippen LogP contribution is 2.47. The lowest BCUT2D eigenvalue weighted by molar-refractivity contribution is 0.476. The van der Waals surface area contributed by atoms with E-state index in [-0.39, 0.29) is 50.5 Å². The zero-order valence-corrected chi connectivity index (χ0v) is 11.3. The second-order valence-corrected chi connectivity index (χ2v) is 3.81. The molecule has 0 amide bonds. The van der Waals surface area contributed by atoms with Crippen LogP contribution in [0.4, 0.5) is 0 Å². The number of hydrogen-bond acceptors (Lipinski definition) is 2. The highest BCUT2D eigenvalue weighted by molar-refractivity contribution is 7.59. The predicted octanol–water partition coefficient (Wildman–Crippen LogP) is 4.93. The van der Waals surface area contributed by atoms with Crippen LogP contribution in [0, 0.1) is 0 Å². The molecule has 0 aliphatic rings. The number of aromatic hydroxyl groups is 1. The van der Waals surface area contributed by atoms with Crippen molar-refractivity contribution in [3.63, 3.8) is 0 Å². The minimum atomic E-state index is -0.363. The normalized spacial score (nSPS) is 8.93.